The van der Waals surface area contributed by atoms with Crippen LogP contribution in [-0.2, 0) is 19.2 Å². The number of primary amides is 1. The predicted molar refractivity (Wildman–Crippen MR) is 269 cm³/mol. The third-order valence-corrected chi connectivity index (χ3v) is 12.9. The average molecular weight is 977 g/mol. The summed E-state index contributed by atoms with van der Waals surface area (Å²) in [5, 5.41) is 4.96. The zero-order chi connectivity index (χ0) is 51.0. The number of aromatic nitrogens is 1. The minimum atomic E-state index is -1.09. The standard InChI is InChI=1S/C32H36FN5O5.C17H13NO2.C5H5N.CH3NO/c1-20(22-5-3-2-4-6-22)30(41)37-11-9-21(10-12-37)19-35-13-15-36(16-14-35)27-18-24-23(17-25(27)33)31(42)38(32(24)43)26-7-8-28(39)34-29(26)40;19-17(16-7-4-12-20-16)18-15-10-8-14(9-11-15)13-5-2-1-3-6-13;1-2-4-6-5-3-1;2-1-3/h2-6,17-18,20-21,26H,7-16,19H2,1H3,(H,34,39,40);1-12H,(H,18,19);1-5H;1H,(H2,2,3). The summed E-state index contributed by atoms with van der Waals surface area (Å²) in [4.78, 5) is 94.4. The molecule has 72 heavy (non-hydrogen) atoms. The summed E-state index contributed by atoms with van der Waals surface area (Å²) in [6, 6.07) is 38.2. The lowest BCUT2D eigenvalue weighted by Gasteiger charge is -2.40. The lowest BCUT2D eigenvalue weighted by molar-refractivity contribution is -0.136. The topological polar surface area (TPSA) is 209 Å². The van der Waals surface area contributed by atoms with Crippen LogP contribution in [0.1, 0.15) is 75.4 Å². The normalized spacial score (nSPS) is 17.1. The van der Waals surface area contributed by atoms with Gasteiger partial charge in [0, 0.05) is 70.3 Å². The summed E-state index contributed by atoms with van der Waals surface area (Å²) in [6.07, 6.45) is 7.21. The van der Waals surface area contributed by atoms with Gasteiger partial charge in [-0.2, -0.15) is 0 Å². The lowest BCUT2D eigenvalue weighted by atomic mass is 9.93. The Kier molecular flexibility index (Phi) is 17.9. The van der Waals surface area contributed by atoms with Gasteiger partial charge in [-0.15, -0.1) is 0 Å². The highest BCUT2D eigenvalue weighted by molar-refractivity contribution is 6.23. The van der Waals surface area contributed by atoms with Crippen LogP contribution >= 0.6 is 0 Å². The molecule has 4 aliphatic heterocycles. The molecular weight excluding hydrogens is 920 g/mol. The Morgan fingerprint density at radius 1 is 0.778 bits per heavy atom. The number of benzene rings is 4. The van der Waals surface area contributed by atoms with Crippen LogP contribution in [-0.4, -0.2) is 113 Å². The molecule has 4 N–H and O–H groups in total. The van der Waals surface area contributed by atoms with Gasteiger partial charge in [-0.1, -0.05) is 78.9 Å². The number of nitrogens with zero attached hydrogens (tertiary/aromatic N) is 5. The second-order valence-corrected chi connectivity index (χ2v) is 17.5. The number of fused-ring (bicyclic) bond motifs is 1. The fraction of sp³-hybridized carbons (Fsp3) is 0.273. The quantitative estimate of drug-likeness (QED) is 0.102. The molecule has 16 nitrogen and oxygen atoms in total. The number of anilines is 2. The Morgan fingerprint density at radius 2 is 1.38 bits per heavy atom. The minimum Gasteiger partial charge on any atom is -0.459 e. The molecule has 2 unspecified atom stereocenters. The number of nitrogens with one attached hydrogen (secondary N) is 2. The molecule has 3 fully saturated rings. The molecule has 0 radical (unpaired) electrons. The van der Waals surface area contributed by atoms with Crippen LogP contribution in [0.5, 0.6) is 0 Å². The van der Waals surface area contributed by atoms with Gasteiger partial charge in [0.2, 0.25) is 24.1 Å². The Labute approximate surface area is 417 Å². The van der Waals surface area contributed by atoms with Gasteiger partial charge in [-0.25, -0.2) is 4.39 Å². The number of piperidine rings is 2. The fourth-order valence-electron chi connectivity index (χ4n) is 9.04. The highest BCUT2D eigenvalue weighted by Gasteiger charge is 2.45. The first-order valence-electron chi connectivity index (χ1n) is 23.8. The first-order valence-corrected chi connectivity index (χ1v) is 23.8. The number of halogens is 1. The highest BCUT2D eigenvalue weighted by Crippen LogP contribution is 2.34. The predicted octanol–water partition coefficient (Wildman–Crippen LogP) is 6.77. The zero-order valence-electron chi connectivity index (χ0n) is 39.9. The molecule has 10 rings (SSSR count). The van der Waals surface area contributed by atoms with Crippen LogP contribution < -0.4 is 21.3 Å². The maximum Gasteiger partial charge on any atom is 0.291 e. The third kappa shape index (κ3) is 13.1. The van der Waals surface area contributed by atoms with E-state index in [1.807, 2.05) is 108 Å². The van der Waals surface area contributed by atoms with Gasteiger partial charge in [0.1, 0.15) is 11.9 Å². The van der Waals surface area contributed by atoms with Crippen LogP contribution in [0.3, 0.4) is 0 Å². The van der Waals surface area contributed by atoms with Crippen molar-refractivity contribution in [3.8, 4) is 11.1 Å². The molecular formula is C55H57FN8O8. The van der Waals surface area contributed by atoms with Crippen molar-refractivity contribution in [3.05, 3.63) is 174 Å². The van der Waals surface area contributed by atoms with E-state index in [1.165, 1.54) is 12.3 Å². The van der Waals surface area contributed by atoms with E-state index in [4.69, 9.17) is 9.21 Å². The number of amides is 7. The van der Waals surface area contributed by atoms with Crippen molar-refractivity contribution in [2.45, 2.75) is 44.6 Å². The second kappa shape index (κ2) is 25.0. The Bertz CT molecular complexity index is 2760. The monoisotopic (exact) mass is 976 g/mol. The molecule has 2 aromatic heterocycles. The van der Waals surface area contributed by atoms with Gasteiger partial charge in [0.15, 0.2) is 5.76 Å². The number of piperazine rings is 1. The third-order valence-electron chi connectivity index (χ3n) is 12.9. The number of carbonyl (C=O) groups excluding carboxylic acids is 7. The van der Waals surface area contributed by atoms with Crippen LogP contribution in [0.2, 0.25) is 0 Å². The van der Waals surface area contributed by atoms with Crippen LogP contribution in [0.25, 0.3) is 11.1 Å². The first-order chi connectivity index (χ1) is 34.9. The molecule has 0 aliphatic carbocycles. The average Bonchev–Trinajstić information content (AvgIpc) is 4.04. The van der Waals surface area contributed by atoms with Crippen molar-refractivity contribution in [2.24, 2.45) is 11.7 Å². The molecule has 0 spiro atoms. The number of furan rings is 1. The Balaban J connectivity index is 0.000000214. The van der Waals surface area contributed by atoms with E-state index in [1.54, 1.807) is 24.5 Å². The molecule has 372 valence electrons. The molecule has 3 saturated heterocycles. The minimum absolute atomic E-state index is 0.0262. The number of rotatable bonds is 9. The number of hydrogen-bond donors (Lipinski definition) is 3. The summed E-state index contributed by atoms with van der Waals surface area (Å²) in [5.74, 6) is -2.51. The van der Waals surface area contributed by atoms with E-state index in [2.05, 4.69) is 38.4 Å². The molecule has 17 heteroatoms. The fourth-order valence-corrected chi connectivity index (χ4v) is 9.04. The summed E-state index contributed by atoms with van der Waals surface area (Å²) < 4.78 is 20.3. The zero-order valence-corrected chi connectivity index (χ0v) is 39.9. The van der Waals surface area contributed by atoms with Crippen LogP contribution in [0.15, 0.2) is 150 Å². The first kappa shape index (κ1) is 51.5. The number of pyridine rings is 1. The number of likely N-dealkylation sites (tertiary alicyclic amines) is 1. The number of imide groups is 2. The van der Waals surface area contributed by atoms with Gasteiger partial charge in [-0.3, -0.25) is 53.7 Å². The smallest absolute Gasteiger partial charge is 0.291 e. The van der Waals surface area contributed by atoms with E-state index in [9.17, 15) is 28.8 Å². The summed E-state index contributed by atoms with van der Waals surface area (Å²) in [5.41, 5.74) is 8.50. The van der Waals surface area contributed by atoms with Crippen molar-refractivity contribution >= 4 is 53.2 Å². The Hall–Kier alpha value is -8.31. The molecule has 6 aromatic rings. The summed E-state index contributed by atoms with van der Waals surface area (Å²) in [6.45, 7) is 7.00. The molecule has 4 aromatic carbocycles. The van der Waals surface area contributed by atoms with Crippen molar-refractivity contribution in [1.29, 1.82) is 0 Å². The van der Waals surface area contributed by atoms with Crippen LogP contribution in [0.4, 0.5) is 15.8 Å². The van der Waals surface area contributed by atoms with Gasteiger partial charge in [0.05, 0.1) is 29.0 Å². The second-order valence-electron chi connectivity index (χ2n) is 17.5. The van der Waals surface area contributed by atoms with Crippen molar-refractivity contribution in [3.63, 3.8) is 0 Å². The maximum absolute atomic E-state index is 15.3. The number of nitrogens with two attached hydrogens (primary N) is 1. The largest absolute Gasteiger partial charge is 0.459 e. The van der Waals surface area contributed by atoms with Crippen molar-refractivity contribution in [1.82, 2.24) is 25.0 Å². The van der Waals surface area contributed by atoms with Crippen LogP contribution in [0, 0.1) is 11.7 Å². The molecule has 6 heterocycles. The molecule has 7 amide bonds. The maximum atomic E-state index is 15.3. The van der Waals surface area contributed by atoms with E-state index in [-0.39, 0.29) is 53.8 Å². The highest BCUT2D eigenvalue weighted by atomic mass is 19.1. The summed E-state index contributed by atoms with van der Waals surface area (Å²) in [7, 11) is 0. The van der Waals surface area contributed by atoms with E-state index in [0.717, 1.165) is 78.9 Å². The molecule has 0 saturated carbocycles. The van der Waals surface area contributed by atoms with Crippen molar-refractivity contribution in [2.75, 3.05) is 56.0 Å². The van der Waals surface area contributed by atoms with E-state index >= 15 is 4.39 Å². The Morgan fingerprint density at radius 3 is 1.94 bits per heavy atom. The van der Waals surface area contributed by atoms with E-state index in [0.29, 0.717) is 24.8 Å². The molecule has 0 bridgehead atoms. The molecule has 4 aliphatic rings. The SMILES string of the molecule is CC(C(=O)N1CCC(CN2CCN(c3cc4c(cc3F)C(=O)N(C3CCC(=O)NC3=O)C4=O)CC2)CC1)c1ccccc1.NC=O.O=C(Nc1ccc(-c2ccccc2)cc1)c1ccco1.c1ccncc1. The van der Waals surface area contributed by atoms with Gasteiger partial charge in [-0.05, 0) is 97.3 Å². The molecule has 2 atom stereocenters. The summed E-state index contributed by atoms with van der Waals surface area (Å²) >= 11 is 0. The van der Waals surface area contributed by atoms with Gasteiger partial charge in [0.25, 0.3) is 17.7 Å². The van der Waals surface area contributed by atoms with Gasteiger partial charge >= 0.3 is 0 Å². The van der Waals surface area contributed by atoms with Gasteiger partial charge < -0.3 is 25.3 Å². The van der Waals surface area contributed by atoms with E-state index < -0.39 is 35.5 Å². The number of hydrogen-bond acceptors (Lipinski definition) is 11. The van der Waals surface area contributed by atoms with Crippen molar-refractivity contribution < 1.29 is 42.4 Å². The lowest BCUT2D eigenvalue weighted by Crippen LogP contribution is -2.54. The number of carbonyl (C=O) groups is 7.